The van der Waals surface area contributed by atoms with Crippen LogP contribution >= 0.6 is 7.82 Å². The highest BCUT2D eigenvalue weighted by atomic mass is 31.2. The third-order valence-electron chi connectivity index (χ3n) is 17.7. The summed E-state index contributed by atoms with van der Waals surface area (Å²) in [6.07, 6.45) is 113. The molecule has 0 radical (unpaired) electrons. The number of esters is 2. The molecule has 0 amide bonds. The highest BCUT2D eigenvalue weighted by Crippen LogP contribution is 2.43. The average Bonchev–Trinajstić information content (AvgIpc) is 1.08. The normalized spacial score (nSPS) is 13.7. The Labute approximate surface area is 606 Å². The number of quaternary nitrogens is 1. The molecule has 0 aliphatic rings. The summed E-state index contributed by atoms with van der Waals surface area (Å²) < 4.78 is 34.8. The minimum Gasteiger partial charge on any atom is -0.462 e. The van der Waals surface area contributed by atoms with Crippen LogP contribution in [0.4, 0.5) is 0 Å². The number of hydrogen-bond acceptors (Lipinski definition) is 7. The van der Waals surface area contributed by atoms with Crippen molar-refractivity contribution < 1.29 is 42.1 Å². The van der Waals surface area contributed by atoms with Crippen molar-refractivity contribution >= 4 is 19.8 Å². The van der Waals surface area contributed by atoms with Crippen molar-refractivity contribution in [3.05, 3.63) is 134 Å². The molecule has 0 aromatic carbocycles. The molecule has 2 atom stereocenters. The van der Waals surface area contributed by atoms with E-state index in [0.717, 1.165) is 109 Å². The van der Waals surface area contributed by atoms with E-state index in [1.54, 1.807) is 0 Å². The van der Waals surface area contributed by atoms with Crippen molar-refractivity contribution in [2.24, 2.45) is 0 Å². The van der Waals surface area contributed by atoms with Gasteiger partial charge in [-0.2, -0.15) is 0 Å². The van der Waals surface area contributed by atoms with Gasteiger partial charge in [0.2, 0.25) is 0 Å². The van der Waals surface area contributed by atoms with E-state index in [1.807, 2.05) is 21.1 Å². The maximum atomic E-state index is 12.9. The SMILES string of the molecule is CC/C=C\C/C=C\C/C=C\C/C=C\C/C=C\C/C=C\C/C=C\C/C=C\CCCCCCCCCCC(=O)OC(COC(=O)CCCCCCCCCCCCCCCCCCCCCCCCCCCC/C=C\C/C=C\C/C=C\CCCCCCC)COP(=O)(O)OCC[N+](C)(C)C. The van der Waals surface area contributed by atoms with Crippen LogP contribution in [-0.4, -0.2) is 74.9 Å². The molecule has 98 heavy (non-hydrogen) atoms. The van der Waals surface area contributed by atoms with Gasteiger partial charge in [-0.1, -0.05) is 366 Å². The molecule has 1 N–H and O–H groups in total. The number of likely N-dealkylation sites (N-methyl/N-ethyl adjacent to an activating group) is 1. The molecule has 9 nitrogen and oxygen atoms in total. The van der Waals surface area contributed by atoms with Crippen LogP contribution in [0.3, 0.4) is 0 Å². The first-order valence-corrected chi connectivity index (χ1v) is 42.4. The molecule has 0 aromatic heterocycles. The number of hydrogen-bond donors (Lipinski definition) is 1. The van der Waals surface area contributed by atoms with Gasteiger partial charge in [-0.15, -0.1) is 0 Å². The molecule has 0 spiro atoms. The zero-order valence-electron chi connectivity index (χ0n) is 64.5. The number of allylic oxidation sites excluding steroid dienone is 22. The fraction of sp³-hybridized carbons (Fsp3) is 0.727. The molecule has 10 heteroatoms. The van der Waals surface area contributed by atoms with Crippen LogP contribution in [-0.2, 0) is 32.7 Å². The largest absolute Gasteiger partial charge is 0.472 e. The van der Waals surface area contributed by atoms with Crippen LogP contribution < -0.4 is 0 Å². The number of unbranched alkanes of at least 4 members (excludes halogenated alkanes) is 39. The Balaban J connectivity index is 3.97. The second-order valence-corrected chi connectivity index (χ2v) is 29.9. The minimum atomic E-state index is -4.41. The first kappa shape index (κ1) is 94.2. The van der Waals surface area contributed by atoms with E-state index in [9.17, 15) is 19.0 Å². The first-order chi connectivity index (χ1) is 48.0. The van der Waals surface area contributed by atoms with Crippen LogP contribution in [0.2, 0.25) is 0 Å². The Kier molecular flexibility index (Phi) is 74.3. The molecule has 0 saturated carbocycles. The number of phosphoric acid groups is 1. The Hall–Kier alpha value is -3.85. The number of carbonyl (C=O) groups excluding carboxylic acids is 2. The molecular weight excluding hydrogens is 1230 g/mol. The number of ether oxygens (including phenoxy) is 2. The molecule has 2 unspecified atom stereocenters. The summed E-state index contributed by atoms with van der Waals surface area (Å²) in [6.45, 7) is 4.33. The summed E-state index contributed by atoms with van der Waals surface area (Å²) in [5.74, 6) is -0.800. The number of nitrogens with zero attached hydrogens (tertiary/aromatic N) is 1. The van der Waals surface area contributed by atoms with E-state index >= 15 is 0 Å². The van der Waals surface area contributed by atoms with Gasteiger partial charge in [0.05, 0.1) is 27.7 Å². The van der Waals surface area contributed by atoms with Gasteiger partial charge >= 0.3 is 19.8 Å². The van der Waals surface area contributed by atoms with Crippen LogP contribution in [0.5, 0.6) is 0 Å². The molecule has 0 aliphatic carbocycles. The Bertz CT molecular complexity index is 2120. The average molecular weight is 1390 g/mol. The van der Waals surface area contributed by atoms with Crippen LogP contribution in [0.15, 0.2) is 134 Å². The Morgan fingerprint density at radius 1 is 0.327 bits per heavy atom. The van der Waals surface area contributed by atoms with Crippen molar-refractivity contribution in [3.8, 4) is 0 Å². The predicted molar refractivity (Wildman–Crippen MR) is 427 cm³/mol. The second-order valence-electron chi connectivity index (χ2n) is 28.4. The van der Waals surface area contributed by atoms with Crippen molar-refractivity contribution in [3.63, 3.8) is 0 Å². The van der Waals surface area contributed by atoms with Crippen molar-refractivity contribution in [1.82, 2.24) is 0 Å². The Morgan fingerprint density at radius 3 is 0.867 bits per heavy atom. The quantitative estimate of drug-likeness (QED) is 0.0211. The van der Waals surface area contributed by atoms with Gasteiger partial charge in [-0.05, 0) is 116 Å². The van der Waals surface area contributed by atoms with E-state index < -0.39 is 26.5 Å². The molecule has 0 rings (SSSR count). The third kappa shape index (κ3) is 81.1. The topological polar surface area (TPSA) is 108 Å². The highest BCUT2D eigenvalue weighted by molar-refractivity contribution is 7.47. The van der Waals surface area contributed by atoms with Crippen LogP contribution in [0, 0.1) is 0 Å². The summed E-state index contributed by atoms with van der Waals surface area (Å²) in [6, 6.07) is 0. The number of rotatable bonds is 75. The third-order valence-corrected chi connectivity index (χ3v) is 18.6. The monoisotopic (exact) mass is 1390 g/mol. The van der Waals surface area contributed by atoms with Gasteiger partial charge in [-0.25, -0.2) is 4.57 Å². The van der Waals surface area contributed by atoms with Crippen LogP contribution in [0.1, 0.15) is 361 Å². The van der Waals surface area contributed by atoms with Crippen molar-refractivity contribution in [2.75, 3.05) is 47.5 Å². The van der Waals surface area contributed by atoms with Gasteiger partial charge in [0, 0.05) is 12.8 Å². The van der Waals surface area contributed by atoms with Gasteiger partial charge < -0.3 is 18.9 Å². The fourth-order valence-electron chi connectivity index (χ4n) is 11.5. The maximum absolute atomic E-state index is 12.9. The smallest absolute Gasteiger partial charge is 0.462 e. The van der Waals surface area contributed by atoms with E-state index in [4.69, 9.17) is 18.5 Å². The zero-order chi connectivity index (χ0) is 71.1. The number of phosphoric ester groups is 1. The van der Waals surface area contributed by atoms with Gasteiger partial charge in [0.1, 0.15) is 19.8 Å². The fourth-order valence-corrected chi connectivity index (χ4v) is 12.2. The van der Waals surface area contributed by atoms with E-state index in [1.165, 1.54) is 218 Å². The first-order valence-electron chi connectivity index (χ1n) is 40.9. The lowest BCUT2D eigenvalue weighted by molar-refractivity contribution is -0.870. The number of carbonyl (C=O) groups is 2. The Morgan fingerprint density at radius 2 is 0.582 bits per heavy atom. The zero-order valence-corrected chi connectivity index (χ0v) is 65.4. The summed E-state index contributed by atoms with van der Waals surface area (Å²) in [5, 5.41) is 0. The van der Waals surface area contributed by atoms with Crippen molar-refractivity contribution in [2.45, 2.75) is 367 Å². The molecule has 0 fully saturated rings. The molecule has 0 aliphatic heterocycles. The second kappa shape index (κ2) is 77.3. The predicted octanol–water partition coefficient (Wildman–Crippen LogP) is 27.5. The lowest BCUT2D eigenvalue weighted by Crippen LogP contribution is -2.37. The van der Waals surface area contributed by atoms with Gasteiger partial charge in [-0.3, -0.25) is 18.6 Å². The molecule has 564 valence electrons. The van der Waals surface area contributed by atoms with E-state index in [0.29, 0.717) is 17.4 Å². The highest BCUT2D eigenvalue weighted by Gasteiger charge is 2.27. The minimum absolute atomic E-state index is 0.0256. The molecule has 0 bridgehead atoms. The van der Waals surface area contributed by atoms with E-state index in [2.05, 4.69) is 148 Å². The molecular formula is C88H155NO8P+. The molecule has 0 saturated heterocycles. The lowest BCUT2D eigenvalue weighted by atomic mass is 10.0. The summed E-state index contributed by atoms with van der Waals surface area (Å²) >= 11 is 0. The summed E-state index contributed by atoms with van der Waals surface area (Å²) in [7, 11) is 1.47. The van der Waals surface area contributed by atoms with Crippen molar-refractivity contribution in [1.29, 1.82) is 0 Å². The lowest BCUT2D eigenvalue weighted by Gasteiger charge is -2.24. The van der Waals surface area contributed by atoms with E-state index in [-0.39, 0.29) is 32.0 Å². The summed E-state index contributed by atoms with van der Waals surface area (Å²) in [5.41, 5.74) is 0. The standard InChI is InChI=1S/C88H154NO8P/c1-6-8-10-12-14-16-18-20-22-24-26-28-30-32-34-36-38-40-41-42-43-44-45-46-47-49-50-52-54-56-58-60-62-64-66-68-70-72-74-76-78-80-87(90)94-84-86(85-96-98(92,93)95-83-82-89(3,4)5)97-88(91)81-79-77-75-73-71-69-67-65-63-61-59-57-55-53-51-48-39-37-35-33-31-29-27-25-23-21-19-17-15-13-11-9-7-2/h9,11,15,17-18,20-21,23-24,26-27,29-30,32-33,35,39,48,53,55,59,61,86H,6-8,10,12-14,16,19,22,25,28,31,34,36-38,40-47,49-52,54,56-58,60,62-85H2,1-5H3/p+1/b11-9-,17-15-,20-18-,23-21-,26-24-,29-27-,32-30-,35-33-,48-39-,55-53-,61-59-. The van der Waals surface area contributed by atoms with Gasteiger partial charge in [0.25, 0.3) is 0 Å². The molecule has 0 aromatic rings. The summed E-state index contributed by atoms with van der Waals surface area (Å²) in [4.78, 5) is 36.0. The molecule has 0 heterocycles. The maximum Gasteiger partial charge on any atom is 0.472 e. The van der Waals surface area contributed by atoms with Gasteiger partial charge in [0.15, 0.2) is 6.10 Å². The van der Waals surface area contributed by atoms with Crippen LogP contribution in [0.25, 0.3) is 0 Å².